The molecule has 8 heteroatoms. The highest BCUT2D eigenvalue weighted by molar-refractivity contribution is 5.99. The molecule has 38 heavy (non-hydrogen) atoms. The quantitative estimate of drug-likeness (QED) is 0.381. The lowest BCUT2D eigenvalue weighted by Gasteiger charge is -2.26. The van der Waals surface area contributed by atoms with Crippen molar-refractivity contribution < 1.29 is 4.79 Å². The van der Waals surface area contributed by atoms with E-state index in [1.807, 2.05) is 6.07 Å². The van der Waals surface area contributed by atoms with Crippen molar-refractivity contribution >= 4 is 40.9 Å². The highest BCUT2D eigenvalue weighted by Gasteiger charge is 2.30. The van der Waals surface area contributed by atoms with E-state index in [-0.39, 0.29) is 30.3 Å². The number of pyridine rings is 1. The smallest absolute Gasteiger partial charge is 0.229 e. The minimum Gasteiger partial charge on any atom is -0.369 e. The van der Waals surface area contributed by atoms with Crippen molar-refractivity contribution in [3.63, 3.8) is 0 Å². The van der Waals surface area contributed by atoms with Crippen molar-refractivity contribution in [3.8, 4) is 22.5 Å². The molecule has 0 bridgehead atoms. The van der Waals surface area contributed by atoms with Gasteiger partial charge in [-0.25, -0.2) is 15.0 Å². The number of nitrogens with zero attached hydrogens (tertiary/aromatic N) is 4. The number of rotatable bonds is 4. The van der Waals surface area contributed by atoms with Gasteiger partial charge in [-0.2, -0.15) is 0 Å². The molecule has 7 nitrogen and oxygen atoms in total. The zero-order valence-electron chi connectivity index (χ0n) is 21.2. The first kappa shape index (κ1) is 24.8. The molecule has 1 saturated heterocycles. The van der Waals surface area contributed by atoms with E-state index in [1.165, 1.54) is 22.4 Å². The maximum Gasteiger partial charge on any atom is 0.229 e. The fraction of sp³-hybridized carbons (Fsp3) is 0.333. The molecule has 2 aliphatic carbocycles. The molecule has 2 aromatic carbocycles. The van der Waals surface area contributed by atoms with Crippen LogP contribution >= 0.6 is 12.4 Å². The molecular weight excluding hydrogens is 496 g/mol. The van der Waals surface area contributed by atoms with Crippen LogP contribution in [0.15, 0.2) is 54.7 Å². The number of fused-ring (bicyclic) bond motifs is 4. The van der Waals surface area contributed by atoms with E-state index in [0.29, 0.717) is 5.95 Å². The van der Waals surface area contributed by atoms with Crippen molar-refractivity contribution in [1.29, 1.82) is 0 Å². The Morgan fingerprint density at radius 2 is 1.89 bits per heavy atom. The molecule has 0 unspecified atom stereocenters. The fourth-order valence-electron chi connectivity index (χ4n) is 5.82. The average molecular weight is 527 g/mol. The number of halogens is 1. The number of carbonyl (C=O) groups excluding carboxylic acids is 1. The van der Waals surface area contributed by atoms with Gasteiger partial charge in [0.15, 0.2) is 0 Å². The minimum absolute atomic E-state index is 0. The molecule has 4 aromatic rings. The van der Waals surface area contributed by atoms with Crippen LogP contribution in [0.2, 0.25) is 0 Å². The summed E-state index contributed by atoms with van der Waals surface area (Å²) in [5, 5.41) is 4.01. The Balaban J connectivity index is 0.00000264. The number of nitrogens with two attached hydrogens (primary N) is 1. The zero-order chi connectivity index (χ0) is 24.9. The third kappa shape index (κ3) is 4.50. The predicted molar refractivity (Wildman–Crippen MR) is 154 cm³/mol. The molecule has 194 valence electrons. The van der Waals surface area contributed by atoms with Crippen LogP contribution in [-0.2, 0) is 17.6 Å². The lowest BCUT2D eigenvalue weighted by atomic mass is 9.96. The van der Waals surface area contributed by atoms with Crippen molar-refractivity contribution in [2.24, 2.45) is 11.7 Å². The normalized spacial score (nSPS) is 18.3. The predicted octanol–water partition coefficient (Wildman–Crippen LogP) is 5.16. The van der Waals surface area contributed by atoms with Gasteiger partial charge >= 0.3 is 0 Å². The molecule has 3 heterocycles. The fourth-order valence-corrected chi connectivity index (χ4v) is 5.82. The standard InChI is InChI=1S/C30H30N6O.ClH/c31-21-13-15-36(17-21)28-23-7-3-5-18-4-1-2-6-22(18)27(23)33-26-11-10-20(16-24(26)28)25-12-14-32-30(34-25)35-29(37)19-8-9-19;/h1-2,4,6,10-12,14,16,19,21H,3,5,7-9,13,15,17,31H2,(H,32,34,35,37);1H/t21-;/m0./s1. The van der Waals surface area contributed by atoms with E-state index in [2.05, 4.69) is 62.6 Å². The first-order chi connectivity index (χ1) is 18.1. The van der Waals surface area contributed by atoms with Gasteiger partial charge in [-0.05, 0) is 62.3 Å². The number of hydrogen-bond acceptors (Lipinski definition) is 6. The molecule has 1 saturated carbocycles. The number of aromatic nitrogens is 3. The largest absolute Gasteiger partial charge is 0.369 e. The summed E-state index contributed by atoms with van der Waals surface area (Å²) in [5.41, 5.74) is 15.4. The summed E-state index contributed by atoms with van der Waals surface area (Å²) in [6.07, 6.45) is 7.74. The first-order valence-electron chi connectivity index (χ1n) is 13.3. The van der Waals surface area contributed by atoms with Crippen LogP contribution in [0.5, 0.6) is 0 Å². The molecule has 2 aromatic heterocycles. The van der Waals surface area contributed by atoms with E-state index < -0.39 is 0 Å². The number of amides is 1. The maximum absolute atomic E-state index is 12.3. The van der Waals surface area contributed by atoms with Crippen LogP contribution in [0.4, 0.5) is 11.6 Å². The van der Waals surface area contributed by atoms with Gasteiger partial charge in [-0.1, -0.05) is 30.3 Å². The third-order valence-electron chi connectivity index (χ3n) is 7.88. The van der Waals surface area contributed by atoms with Gasteiger partial charge in [0.2, 0.25) is 11.9 Å². The number of carbonyl (C=O) groups is 1. The Hall–Kier alpha value is -3.55. The number of hydrogen-bond donors (Lipinski definition) is 2. The van der Waals surface area contributed by atoms with Gasteiger partial charge in [0.05, 0.1) is 22.6 Å². The highest BCUT2D eigenvalue weighted by Crippen LogP contribution is 2.42. The Labute approximate surface area is 228 Å². The van der Waals surface area contributed by atoms with Gasteiger partial charge in [-0.15, -0.1) is 12.4 Å². The zero-order valence-corrected chi connectivity index (χ0v) is 22.0. The molecule has 0 radical (unpaired) electrons. The van der Waals surface area contributed by atoms with Crippen molar-refractivity contribution in [2.45, 2.75) is 44.6 Å². The summed E-state index contributed by atoms with van der Waals surface area (Å²) in [4.78, 5) is 28.9. The molecule has 7 rings (SSSR count). The summed E-state index contributed by atoms with van der Waals surface area (Å²) in [5.74, 6) is 0.473. The second-order valence-electron chi connectivity index (χ2n) is 10.6. The Morgan fingerprint density at radius 3 is 2.71 bits per heavy atom. The van der Waals surface area contributed by atoms with Crippen LogP contribution < -0.4 is 16.0 Å². The van der Waals surface area contributed by atoms with Gasteiger partial charge in [0.1, 0.15) is 0 Å². The topological polar surface area (TPSA) is 97.0 Å². The van der Waals surface area contributed by atoms with Gasteiger partial charge in [-0.3, -0.25) is 10.1 Å². The van der Waals surface area contributed by atoms with E-state index in [9.17, 15) is 4.79 Å². The summed E-state index contributed by atoms with van der Waals surface area (Å²) in [7, 11) is 0. The summed E-state index contributed by atoms with van der Waals surface area (Å²) < 4.78 is 0. The second-order valence-corrected chi connectivity index (χ2v) is 10.6. The third-order valence-corrected chi connectivity index (χ3v) is 7.88. The molecule has 1 aliphatic heterocycles. The van der Waals surface area contributed by atoms with Crippen LogP contribution in [0, 0.1) is 5.92 Å². The monoisotopic (exact) mass is 526 g/mol. The molecule has 1 atom stereocenters. The van der Waals surface area contributed by atoms with Crippen molar-refractivity contribution in [3.05, 3.63) is 65.9 Å². The lowest BCUT2D eigenvalue weighted by molar-refractivity contribution is -0.117. The average Bonchev–Trinajstić information content (AvgIpc) is 3.71. The number of benzene rings is 2. The second kappa shape index (κ2) is 9.97. The molecule has 2 fully saturated rings. The Morgan fingerprint density at radius 1 is 1.03 bits per heavy atom. The van der Waals surface area contributed by atoms with Crippen LogP contribution in [0.3, 0.4) is 0 Å². The van der Waals surface area contributed by atoms with Gasteiger partial charge in [0, 0.05) is 53.3 Å². The van der Waals surface area contributed by atoms with Crippen molar-refractivity contribution in [1.82, 2.24) is 15.0 Å². The van der Waals surface area contributed by atoms with Crippen LogP contribution in [-0.4, -0.2) is 40.0 Å². The van der Waals surface area contributed by atoms with Crippen LogP contribution in [0.1, 0.15) is 36.8 Å². The van der Waals surface area contributed by atoms with E-state index in [4.69, 9.17) is 10.7 Å². The summed E-state index contributed by atoms with van der Waals surface area (Å²) in [6.45, 7) is 1.80. The highest BCUT2D eigenvalue weighted by atomic mass is 35.5. The van der Waals surface area contributed by atoms with E-state index in [1.54, 1.807) is 6.20 Å². The molecule has 0 spiro atoms. The first-order valence-corrected chi connectivity index (χ1v) is 13.3. The molecule has 3 N–H and O–H groups in total. The van der Waals surface area contributed by atoms with E-state index in [0.717, 1.165) is 79.5 Å². The number of nitrogens with one attached hydrogen (secondary N) is 1. The lowest BCUT2D eigenvalue weighted by Crippen LogP contribution is -2.27. The SMILES string of the molecule is Cl.N[C@H]1CCN(c2c3c(nc4ccc(-c5ccnc(NC(=O)C6CC6)n5)cc24)-c2ccccc2CCC3)C1. The number of aryl methyl sites for hydroxylation is 1. The maximum atomic E-state index is 12.3. The molecular formula is C30H31ClN6O. The molecule has 3 aliphatic rings. The van der Waals surface area contributed by atoms with Crippen LogP contribution in [0.25, 0.3) is 33.4 Å². The minimum atomic E-state index is 0. The van der Waals surface area contributed by atoms with Gasteiger partial charge in [0.25, 0.3) is 0 Å². The summed E-state index contributed by atoms with van der Waals surface area (Å²) in [6, 6.07) is 17.1. The van der Waals surface area contributed by atoms with E-state index >= 15 is 0 Å². The summed E-state index contributed by atoms with van der Waals surface area (Å²) >= 11 is 0. The number of anilines is 2. The van der Waals surface area contributed by atoms with Crippen molar-refractivity contribution in [2.75, 3.05) is 23.3 Å². The Kier molecular flexibility index (Phi) is 6.50. The molecule has 1 amide bonds. The Bertz CT molecular complexity index is 1530. The van der Waals surface area contributed by atoms with Gasteiger partial charge < -0.3 is 10.6 Å².